The van der Waals surface area contributed by atoms with Crippen LogP contribution in [0.5, 0.6) is 0 Å². The van der Waals surface area contributed by atoms with E-state index in [1.54, 1.807) is 12.1 Å². The Labute approximate surface area is 99.8 Å². The van der Waals surface area contributed by atoms with Gasteiger partial charge in [-0.15, -0.1) is 0 Å². The third-order valence-corrected chi connectivity index (χ3v) is 4.42. The lowest BCUT2D eigenvalue weighted by molar-refractivity contribution is 0.581. The lowest BCUT2D eigenvalue weighted by Crippen LogP contribution is -2.26. The molecule has 1 aliphatic rings. The molecule has 0 saturated heterocycles. The van der Waals surface area contributed by atoms with Crippen LogP contribution in [0, 0.1) is 0 Å². The number of benzene rings is 1. The number of nitrogens with one attached hydrogen (secondary N) is 1. The molecule has 1 aliphatic carbocycles. The van der Waals surface area contributed by atoms with Crippen molar-refractivity contribution < 1.29 is 8.42 Å². The average molecular weight is 261 g/mol. The SMILES string of the molecule is NCc1ccc(Cl)c(S(=O)(=O)NC2CC2)c1. The smallest absolute Gasteiger partial charge is 0.242 e. The molecular formula is C10H13ClN2O2S. The summed E-state index contributed by atoms with van der Waals surface area (Å²) in [6.45, 7) is 0.295. The Hall–Kier alpha value is -0.620. The maximum absolute atomic E-state index is 11.9. The van der Waals surface area contributed by atoms with E-state index in [-0.39, 0.29) is 16.0 Å². The van der Waals surface area contributed by atoms with Gasteiger partial charge in [0.25, 0.3) is 0 Å². The van der Waals surface area contributed by atoms with Gasteiger partial charge in [-0.25, -0.2) is 13.1 Å². The molecule has 1 saturated carbocycles. The molecule has 0 bridgehead atoms. The van der Waals surface area contributed by atoms with Crippen molar-refractivity contribution in [2.75, 3.05) is 0 Å². The Balaban J connectivity index is 2.36. The van der Waals surface area contributed by atoms with Crippen molar-refractivity contribution in [3.63, 3.8) is 0 Å². The number of sulfonamides is 1. The predicted molar refractivity (Wildman–Crippen MR) is 62.7 cm³/mol. The molecule has 0 aliphatic heterocycles. The highest BCUT2D eigenvalue weighted by Crippen LogP contribution is 2.26. The summed E-state index contributed by atoms with van der Waals surface area (Å²) in [6.07, 6.45) is 1.79. The van der Waals surface area contributed by atoms with Crippen molar-refractivity contribution >= 4 is 21.6 Å². The van der Waals surface area contributed by atoms with Gasteiger partial charge in [0.15, 0.2) is 0 Å². The molecule has 1 aromatic carbocycles. The van der Waals surface area contributed by atoms with E-state index in [0.29, 0.717) is 6.54 Å². The molecule has 4 nitrogen and oxygen atoms in total. The van der Waals surface area contributed by atoms with E-state index in [2.05, 4.69) is 4.72 Å². The second-order valence-corrected chi connectivity index (χ2v) is 5.95. The molecule has 1 aromatic rings. The Morgan fingerprint density at radius 2 is 2.12 bits per heavy atom. The van der Waals surface area contributed by atoms with Gasteiger partial charge in [0, 0.05) is 12.6 Å². The highest BCUT2D eigenvalue weighted by Gasteiger charge is 2.29. The van der Waals surface area contributed by atoms with Crippen molar-refractivity contribution in [2.24, 2.45) is 5.73 Å². The first-order valence-corrected chi connectivity index (χ1v) is 6.90. The quantitative estimate of drug-likeness (QED) is 0.856. The van der Waals surface area contributed by atoms with Gasteiger partial charge in [0.2, 0.25) is 10.0 Å². The molecule has 6 heteroatoms. The molecule has 0 atom stereocenters. The maximum Gasteiger partial charge on any atom is 0.242 e. The number of hydrogen-bond acceptors (Lipinski definition) is 3. The minimum absolute atomic E-state index is 0.0719. The lowest BCUT2D eigenvalue weighted by atomic mass is 10.2. The van der Waals surface area contributed by atoms with E-state index < -0.39 is 10.0 Å². The molecule has 88 valence electrons. The molecule has 16 heavy (non-hydrogen) atoms. The number of rotatable bonds is 4. The first-order valence-electron chi connectivity index (χ1n) is 5.04. The summed E-state index contributed by atoms with van der Waals surface area (Å²) in [5.41, 5.74) is 6.22. The van der Waals surface area contributed by atoms with Crippen molar-refractivity contribution in [1.82, 2.24) is 4.72 Å². The third kappa shape index (κ3) is 2.55. The van der Waals surface area contributed by atoms with Crippen LogP contribution in [0.25, 0.3) is 0 Å². The van der Waals surface area contributed by atoms with Crippen LogP contribution in [0.1, 0.15) is 18.4 Å². The van der Waals surface area contributed by atoms with E-state index in [0.717, 1.165) is 18.4 Å². The van der Waals surface area contributed by atoms with Gasteiger partial charge < -0.3 is 5.73 Å². The molecule has 0 unspecified atom stereocenters. The highest BCUT2D eigenvalue weighted by atomic mass is 35.5. The van der Waals surface area contributed by atoms with Gasteiger partial charge in [-0.3, -0.25) is 0 Å². The average Bonchev–Trinajstić information content (AvgIpc) is 3.01. The van der Waals surface area contributed by atoms with E-state index in [9.17, 15) is 8.42 Å². The van der Waals surface area contributed by atoms with Crippen LogP contribution in [0.15, 0.2) is 23.1 Å². The largest absolute Gasteiger partial charge is 0.326 e. The monoisotopic (exact) mass is 260 g/mol. The summed E-state index contributed by atoms with van der Waals surface area (Å²) in [4.78, 5) is 0.115. The zero-order valence-electron chi connectivity index (χ0n) is 8.61. The molecule has 0 amide bonds. The zero-order chi connectivity index (χ0) is 11.8. The van der Waals surface area contributed by atoms with Crippen LogP contribution >= 0.6 is 11.6 Å². The number of nitrogens with two attached hydrogens (primary N) is 1. The van der Waals surface area contributed by atoms with Crippen molar-refractivity contribution in [3.8, 4) is 0 Å². The van der Waals surface area contributed by atoms with Crippen LogP contribution in [-0.4, -0.2) is 14.5 Å². The number of halogens is 1. The summed E-state index contributed by atoms with van der Waals surface area (Å²) in [5.74, 6) is 0. The van der Waals surface area contributed by atoms with E-state index in [4.69, 9.17) is 17.3 Å². The van der Waals surface area contributed by atoms with Gasteiger partial charge in [-0.1, -0.05) is 17.7 Å². The summed E-state index contributed by atoms with van der Waals surface area (Å²) >= 11 is 5.88. The van der Waals surface area contributed by atoms with Gasteiger partial charge in [-0.2, -0.15) is 0 Å². The van der Waals surface area contributed by atoms with Gasteiger partial charge in [0.05, 0.1) is 5.02 Å². The maximum atomic E-state index is 11.9. The molecule has 2 rings (SSSR count). The van der Waals surface area contributed by atoms with Crippen LogP contribution in [0.2, 0.25) is 5.02 Å². The van der Waals surface area contributed by atoms with Gasteiger partial charge in [-0.05, 0) is 30.5 Å². The minimum Gasteiger partial charge on any atom is -0.326 e. The molecule has 0 radical (unpaired) electrons. The molecular weight excluding hydrogens is 248 g/mol. The minimum atomic E-state index is -3.50. The van der Waals surface area contributed by atoms with E-state index >= 15 is 0 Å². The first-order chi connectivity index (χ1) is 7.53. The predicted octanol–water partition coefficient (Wildman–Crippen LogP) is 1.24. The second kappa shape index (κ2) is 4.33. The summed E-state index contributed by atoms with van der Waals surface area (Å²) in [7, 11) is -3.50. The van der Waals surface area contributed by atoms with Gasteiger partial charge in [0.1, 0.15) is 4.90 Å². The molecule has 0 heterocycles. The first kappa shape index (κ1) is 11.9. The van der Waals surface area contributed by atoms with Crippen LogP contribution in [0.4, 0.5) is 0 Å². The van der Waals surface area contributed by atoms with Crippen molar-refractivity contribution in [2.45, 2.75) is 30.3 Å². The van der Waals surface area contributed by atoms with Crippen LogP contribution in [0.3, 0.4) is 0 Å². The Morgan fingerprint density at radius 3 is 2.69 bits per heavy atom. The van der Waals surface area contributed by atoms with Crippen LogP contribution < -0.4 is 10.5 Å². The van der Waals surface area contributed by atoms with Crippen molar-refractivity contribution in [3.05, 3.63) is 28.8 Å². The van der Waals surface area contributed by atoms with Crippen molar-refractivity contribution in [1.29, 1.82) is 0 Å². The molecule has 0 aromatic heterocycles. The fourth-order valence-electron chi connectivity index (χ4n) is 1.36. The summed E-state index contributed by atoms with van der Waals surface area (Å²) in [5, 5.41) is 0.227. The zero-order valence-corrected chi connectivity index (χ0v) is 10.2. The standard InChI is InChI=1S/C10H13ClN2O2S/c11-9-4-1-7(6-12)5-10(9)16(14,15)13-8-2-3-8/h1,4-5,8,13H,2-3,6,12H2. The Kier molecular flexibility index (Phi) is 3.21. The lowest BCUT2D eigenvalue weighted by Gasteiger charge is -2.08. The fourth-order valence-corrected chi connectivity index (χ4v) is 3.22. The molecule has 1 fully saturated rings. The third-order valence-electron chi connectivity index (χ3n) is 2.42. The fraction of sp³-hybridized carbons (Fsp3) is 0.400. The number of hydrogen-bond donors (Lipinski definition) is 2. The molecule has 0 spiro atoms. The Bertz CT molecular complexity index is 498. The van der Waals surface area contributed by atoms with E-state index in [1.807, 2.05) is 0 Å². The summed E-state index contributed by atoms with van der Waals surface area (Å²) < 4.78 is 26.5. The molecule has 3 N–H and O–H groups in total. The Morgan fingerprint density at radius 1 is 1.44 bits per heavy atom. The normalized spacial score (nSPS) is 16.4. The van der Waals surface area contributed by atoms with Gasteiger partial charge >= 0.3 is 0 Å². The van der Waals surface area contributed by atoms with E-state index in [1.165, 1.54) is 6.07 Å². The second-order valence-electron chi connectivity index (χ2n) is 3.86. The van der Waals surface area contributed by atoms with Crippen LogP contribution in [-0.2, 0) is 16.6 Å². The highest BCUT2D eigenvalue weighted by molar-refractivity contribution is 7.89. The topological polar surface area (TPSA) is 72.2 Å². The summed E-state index contributed by atoms with van der Waals surface area (Å²) in [6, 6.07) is 4.87.